The Kier molecular flexibility index (Phi) is 4.79. The third-order valence-electron chi connectivity index (χ3n) is 1.97. The Morgan fingerprint density at radius 1 is 1.50 bits per heavy atom. The largest absolute Gasteiger partial charge is 0.475 e. The molecule has 0 aliphatic heterocycles. The number of hydrogen-bond acceptors (Lipinski definition) is 6. The molecule has 0 amide bonds. The topological polar surface area (TPSA) is 95.7 Å². The lowest BCUT2D eigenvalue weighted by Crippen LogP contribution is -2.15. The van der Waals surface area contributed by atoms with E-state index in [2.05, 4.69) is 4.74 Å². The molecule has 0 aliphatic carbocycles. The fraction of sp³-hybridized carbons (Fsp3) is 0.273. The molecular formula is C11H11NO6. The average molecular weight is 253 g/mol. The monoisotopic (exact) mass is 253 g/mol. The number of nitrogens with zero attached hydrogens (tertiary/aromatic N) is 1. The Morgan fingerprint density at radius 2 is 2.22 bits per heavy atom. The zero-order valence-corrected chi connectivity index (χ0v) is 9.62. The van der Waals surface area contributed by atoms with E-state index in [4.69, 9.17) is 4.74 Å². The van der Waals surface area contributed by atoms with Gasteiger partial charge in [-0.1, -0.05) is 0 Å². The van der Waals surface area contributed by atoms with Gasteiger partial charge >= 0.3 is 11.7 Å². The van der Waals surface area contributed by atoms with Gasteiger partial charge < -0.3 is 9.47 Å². The van der Waals surface area contributed by atoms with Gasteiger partial charge in [-0.3, -0.25) is 14.9 Å². The van der Waals surface area contributed by atoms with Gasteiger partial charge in [0, 0.05) is 11.6 Å². The molecular weight excluding hydrogens is 242 g/mol. The Morgan fingerprint density at radius 3 is 2.78 bits per heavy atom. The van der Waals surface area contributed by atoms with E-state index in [-0.39, 0.29) is 23.6 Å². The molecule has 0 unspecified atom stereocenters. The summed E-state index contributed by atoms with van der Waals surface area (Å²) in [6.07, 6.45) is 0.529. The Balaban J connectivity index is 2.87. The van der Waals surface area contributed by atoms with Gasteiger partial charge in [0.15, 0.2) is 12.4 Å². The van der Waals surface area contributed by atoms with E-state index in [0.29, 0.717) is 6.29 Å². The third-order valence-corrected chi connectivity index (χ3v) is 1.97. The number of esters is 1. The van der Waals surface area contributed by atoms with E-state index in [1.54, 1.807) is 6.92 Å². The SMILES string of the molecule is CCOC(=O)COc1cc(C=O)ccc1[N+](=O)[O-]. The Bertz CT molecular complexity index is 471. The van der Waals surface area contributed by atoms with Crippen molar-refractivity contribution >= 4 is 17.9 Å². The number of hydrogen-bond donors (Lipinski definition) is 0. The molecule has 96 valence electrons. The van der Waals surface area contributed by atoms with Crippen LogP contribution in [-0.4, -0.2) is 30.4 Å². The summed E-state index contributed by atoms with van der Waals surface area (Å²) >= 11 is 0. The van der Waals surface area contributed by atoms with Gasteiger partial charge in [0.05, 0.1) is 11.5 Å². The molecule has 7 nitrogen and oxygen atoms in total. The third kappa shape index (κ3) is 3.55. The number of aldehydes is 1. The van der Waals surface area contributed by atoms with Crippen LogP contribution in [0, 0.1) is 10.1 Å². The van der Waals surface area contributed by atoms with Crippen LogP contribution in [0.5, 0.6) is 5.75 Å². The summed E-state index contributed by atoms with van der Waals surface area (Å²) in [5.41, 5.74) is -0.0932. The quantitative estimate of drug-likeness (QED) is 0.328. The number of carbonyl (C=O) groups is 2. The molecule has 0 radical (unpaired) electrons. The van der Waals surface area contributed by atoms with Crippen LogP contribution in [0.15, 0.2) is 18.2 Å². The van der Waals surface area contributed by atoms with E-state index in [0.717, 1.165) is 6.07 Å². The van der Waals surface area contributed by atoms with Crippen molar-refractivity contribution < 1.29 is 24.0 Å². The minimum absolute atomic E-state index is 0.141. The van der Waals surface area contributed by atoms with Crippen LogP contribution in [0.3, 0.4) is 0 Å². The molecule has 0 heterocycles. The predicted molar refractivity (Wildman–Crippen MR) is 60.6 cm³/mol. The maximum Gasteiger partial charge on any atom is 0.344 e. The van der Waals surface area contributed by atoms with Gasteiger partial charge in [-0.25, -0.2) is 4.79 Å². The average Bonchev–Trinajstić information content (AvgIpc) is 2.36. The van der Waals surface area contributed by atoms with E-state index in [1.165, 1.54) is 12.1 Å². The van der Waals surface area contributed by atoms with Gasteiger partial charge in [0.1, 0.15) is 6.29 Å². The van der Waals surface area contributed by atoms with Gasteiger partial charge in [-0.2, -0.15) is 0 Å². The Labute approximate surface area is 102 Å². The lowest BCUT2D eigenvalue weighted by molar-refractivity contribution is -0.385. The lowest BCUT2D eigenvalue weighted by Gasteiger charge is -2.06. The molecule has 18 heavy (non-hydrogen) atoms. The maximum absolute atomic E-state index is 11.1. The molecule has 0 N–H and O–H groups in total. The summed E-state index contributed by atoms with van der Waals surface area (Å²) in [6, 6.07) is 3.64. The summed E-state index contributed by atoms with van der Waals surface area (Å²) in [7, 11) is 0. The number of carbonyl (C=O) groups excluding carboxylic acids is 2. The summed E-state index contributed by atoms with van der Waals surface area (Å²) in [4.78, 5) is 31.7. The zero-order chi connectivity index (χ0) is 13.5. The highest BCUT2D eigenvalue weighted by molar-refractivity contribution is 5.77. The smallest absolute Gasteiger partial charge is 0.344 e. The Hall–Kier alpha value is -2.44. The first-order valence-electron chi connectivity index (χ1n) is 5.10. The molecule has 0 aromatic heterocycles. The number of rotatable bonds is 6. The normalized spacial score (nSPS) is 9.61. The molecule has 1 aromatic carbocycles. The number of ether oxygens (including phenoxy) is 2. The minimum atomic E-state index is -0.658. The highest BCUT2D eigenvalue weighted by Gasteiger charge is 2.16. The molecule has 0 atom stereocenters. The van der Waals surface area contributed by atoms with Gasteiger partial charge in [0.25, 0.3) is 0 Å². The molecule has 0 saturated carbocycles. The van der Waals surface area contributed by atoms with Crippen LogP contribution in [-0.2, 0) is 9.53 Å². The maximum atomic E-state index is 11.1. The highest BCUT2D eigenvalue weighted by Crippen LogP contribution is 2.27. The van der Waals surface area contributed by atoms with Gasteiger partial charge in [0.2, 0.25) is 0 Å². The second kappa shape index (κ2) is 6.33. The van der Waals surface area contributed by atoms with Crippen molar-refractivity contribution in [3.63, 3.8) is 0 Å². The minimum Gasteiger partial charge on any atom is -0.475 e. The van der Waals surface area contributed by atoms with Crippen molar-refractivity contribution in [1.82, 2.24) is 0 Å². The summed E-state index contributed by atoms with van der Waals surface area (Å²) in [5.74, 6) is -0.777. The van der Waals surface area contributed by atoms with Crippen LogP contribution in [0.4, 0.5) is 5.69 Å². The number of nitro benzene ring substituents is 1. The standard InChI is InChI=1S/C11H11NO6/c1-2-17-11(14)7-18-10-5-8(6-13)3-4-9(10)12(15)16/h3-6H,2,7H2,1H3. The van der Waals surface area contributed by atoms with Gasteiger partial charge in [-0.15, -0.1) is 0 Å². The van der Waals surface area contributed by atoms with E-state index in [1.807, 2.05) is 0 Å². The van der Waals surface area contributed by atoms with Crippen molar-refractivity contribution in [3.8, 4) is 5.75 Å². The predicted octanol–water partition coefficient (Wildman–Crippen LogP) is 1.35. The summed E-state index contributed by atoms with van der Waals surface area (Å²) < 4.78 is 9.60. The van der Waals surface area contributed by atoms with Gasteiger partial charge in [-0.05, 0) is 19.1 Å². The molecule has 0 spiro atoms. The zero-order valence-electron chi connectivity index (χ0n) is 9.62. The van der Waals surface area contributed by atoms with Crippen molar-refractivity contribution in [1.29, 1.82) is 0 Å². The fourth-order valence-electron chi connectivity index (χ4n) is 1.21. The number of nitro groups is 1. The molecule has 1 aromatic rings. The second-order valence-electron chi connectivity index (χ2n) is 3.20. The summed E-state index contributed by atoms with van der Waals surface area (Å²) in [5, 5.41) is 10.7. The van der Waals surface area contributed by atoms with E-state index < -0.39 is 17.5 Å². The first-order chi connectivity index (χ1) is 8.58. The number of benzene rings is 1. The second-order valence-corrected chi connectivity index (χ2v) is 3.20. The molecule has 0 saturated heterocycles. The van der Waals surface area contributed by atoms with Crippen LogP contribution in [0.2, 0.25) is 0 Å². The molecule has 1 rings (SSSR count). The molecule has 0 bridgehead atoms. The van der Waals surface area contributed by atoms with Crippen LogP contribution < -0.4 is 4.74 Å². The van der Waals surface area contributed by atoms with Crippen molar-refractivity contribution in [3.05, 3.63) is 33.9 Å². The van der Waals surface area contributed by atoms with Crippen LogP contribution in [0.25, 0.3) is 0 Å². The first kappa shape index (κ1) is 13.6. The van der Waals surface area contributed by atoms with Crippen molar-refractivity contribution in [2.45, 2.75) is 6.92 Å². The van der Waals surface area contributed by atoms with Crippen LogP contribution >= 0.6 is 0 Å². The fourth-order valence-corrected chi connectivity index (χ4v) is 1.21. The highest BCUT2D eigenvalue weighted by atomic mass is 16.6. The van der Waals surface area contributed by atoms with Crippen molar-refractivity contribution in [2.75, 3.05) is 13.2 Å². The van der Waals surface area contributed by atoms with E-state index in [9.17, 15) is 19.7 Å². The lowest BCUT2D eigenvalue weighted by atomic mass is 10.2. The molecule has 0 aliphatic rings. The molecule has 0 fully saturated rings. The molecule has 7 heteroatoms. The first-order valence-corrected chi connectivity index (χ1v) is 5.10. The van der Waals surface area contributed by atoms with E-state index >= 15 is 0 Å². The summed E-state index contributed by atoms with van der Waals surface area (Å²) in [6.45, 7) is 1.38. The van der Waals surface area contributed by atoms with Crippen molar-refractivity contribution in [2.24, 2.45) is 0 Å². The van der Waals surface area contributed by atoms with Crippen LogP contribution in [0.1, 0.15) is 17.3 Å².